The van der Waals surface area contributed by atoms with Gasteiger partial charge in [-0.1, -0.05) is 36.7 Å². The molecule has 0 atom stereocenters. The van der Waals surface area contributed by atoms with E-state index in [1.165, 1.54) is 24.8 Å². The number of halogens is 1. The Bertz CT molecular complexity index is 919. The van der Waals surface area contributed by atoms with Crippen LogP contribution in [0.4, 0.5) is 5.69 Å². The number of fused-ring (bicyclic) bond motifs is 1. The summed E-state index contributed by atoms with van der Waals surface area (Å²) >= 11 is 6.25. The molecule has 1 aliphatic heterocycles. The molecule has 0 bridgehead atoms. The van der Waals surface area contributed by atoms with Crippen LogP contribution in [0.25, 0.3) is 0 Å². The second-order valence-electron chi connectivity index (χ2n) is 6.99. The van der Waals surface area contributed by atoms with Crippen LogP contribution in [0.1, 0.15) is 35.7 Å². The number of ether oxygens (including phenoxy) is 2. The number of hydrogen-bond donors (Lipinski definition) is 2. The molecule has 30 heavy (non-hydrogen) atoms. The van der Waals surface area contributed by atoms with Gasteiger partial charge in [0.25, 0.3) is 11.8 Å². The van der Waals surface area contributed by atoms with E-state index in [0.29, 0.717) is 18.1 Å². The maximum atomic E-state index is 12.5. The summed E-state index contributed by atoms with van der Waals surface area (Å²) in [5.41, 5.74) is 7.45. The van der Waals surface area contributed by atoms with E-state index >= 15 is 0 Å². The number of amides is 2. The van der Waals surface area contributed by atoms with Gasteiger partial charge in [0, 0.05) is 17.8 Å². The molecule has 2 amide bonds. The summed E-state index contributed by atoms with van der Waals surface area (Å²) in [5.74, 6) is -0.0478. The molecule has 2 aromatic rings. The molecule has 2 N–H and O–H groups in total. The standard InChI is InChI=1S/C22H26ClN3O4/c1-3-11-30-21-17(23)12-16(13-19(21)29-2)22(28)25-24-20(27)14-26-10-6-8-15-7-4-5-9-18(15)26/h4-5,7,9,12-13H,3,6,8,10-11,14H2,1-2H3,(H,24,27)(H,25,28). The van der Waals surface area contributed by atoms with Crippen LogP contribution in [0.2, 0.25) is 5.02 Å². The number of nitrogens with one attached hydrogen (secondary N) is 2. The summed E-state index contributed by atoms with van der Waals surface area (Å²) in [5, 5.41) is 0.268. The highest BCUT2D eigenvalue weighted by molar-refractivity contribution is 6.32. The number of aryl methyl sites for hydroxylation is 1. The van der Waals surface area contributed by atoms with E-state index in [4.69, 9.17) is 21.1 Å². The Hall–Kier alpha value is -2.93. The molecule has 3 rings (SSSR count). The second kappa shape index (κ2) is 10.2. The molecule has 0 spiro atoms. The largest absolute Gasteiger partial charge is 0.493 e. The van der Waals surface area contributed by atoms with Crippen LogP contribution in [-0.2, 0) is 11.2 Å². The average Bonchev–Trinajstić information content (AvgIpc) is 2.76. The Morgan fingerprint density at radius 1 is 1.20 bits per heavy atom. The minimum atomic E-state index is -0.496. The molecule has 8 heteroatoms. The van der Waals surface area contributed by atoms with Gasteiger partial charge in [0.15, 0.2) is 11.5 Å². The van der Waals surface area contributed by atoms with Gasteiger partial charge in [-0.3, -0.25) is 20.4 Å². The summed E-state index contributed by atoms with van der Waals surface area (Å²) in [4.78, 5) is 26.9. The third-order valence-corrected chi connectivity index (χ3v) is 5.08. The molecular weight excluding hydrogens is 406 g/mol. The number of nitrogens with zero attached hydrogens (tertiary/aromatic N) is 1. The maximum Gasteiger partial charge on any atom is 0.269 e. The van der Waals surface area contributed by atoms with Gasteiger partial charge in [-0.2, -0.15) is 0 Å². The highest BCUT2D eigenvalue weighted by atomic mass is 35.5. The normalized spacial score (nSPS) is 12.7. The van der Waals surface area contributed by atoms with Crippen LogP contribution in [0.3, 0.4) is 0 Å². The highest BCUT2D eigenvalue weighted by Crippen LogP contribution is 2.36. The van der Waals surface area contributed by atoms with E-state index in [2.05, 4.69) is 16.9 Å². The molecule has 2 aromatic carbocycles. The van der Waals surface area contributed by atoms with Gasteiger partial charge >= 0.3 is 0 Å². The number of hydrogen-bond acceptors (Lipinski definition) is 5. The van der Waals surface area contributed by atoms with Crippen molar-refractivity contribution < 1.29 is 19.1 Å². The van der Waals surface area contributed by atoms with Gasteiger partial charge in [0.2, 0.25) is 0 Å². The van der Waals surface area contributed by atoms with Crippen molar-refractivity contribution >= 4 is 29.1 Å². The molecule has 1 heterocycles. The van der Waals surface area contributed by atoms with Crippen molar-refractivity contribution in [2.45, 2.75) is 26.2 Å². The maximum absolute atomic E-state index is 12.5. The molecule has 0 saturated carbocycles. The van der Waals surface area contributed by atoms with Crippen molar-refractivity contribution in [1.82, 2.24) is 10.9 Å². The zero-order valence-electron chi connectivity index (χ0n) is 17.2. The fourth-order valence-corrected chi connectivity index (χ4v) is 3.65. The van der Waals surface area contributed by atoms with Crippen LogP contribution >= 0.6 is 11.6 Å². The van der Waals surface area contributed by atoms with Crippen LogP contribution in [0.15, 0.2) is 36.4 Å². The Morgan fingerprint density at radius 3 is 2.77 bits per heavy atom. The minimum absolute atomic E-state index is 0.158. The predicted molar refractivity (Wildman–Crippen MR) is 116 cm³/mol. The molecule has 0 aromatic heterocycles. The summed E-state index contributed by atoms with van der Waals surface area (Å²) in [6, 6.07) is 11.1. The smallest absolute Gasteiger partial charge is 0.269 e. The first-order chi connectivity index (χ1) is 14.5. The van der Waals surface area contributed by atoms with E-state index in [0.717, 1.165) is 31.5 Å². The molecule has 1 aliphatic rings. The highest BCUT2D eigenvalue weighted by Gasteiger charge is 2.20. The van der Waals surface area contributed by atoms with E-state index in [-0.39, 0.29) is 23.0 Å². The van der Waals surface area contributed by atoms with Crippen LogP contribution in [0.5, 0.6) is 11.5 Å². The number of methoxy groups -OCH3 is 1. The first kappa shape index (κ1) is 21.8. The minimum Gasteiger partial charge on any atom is -0.493 e. The number of carbonyl (C=O) groups is 2. The number of carbonyl (C=O) groups excluding carboxylic acids is 2. The fraction of sp³-hybridized carbons (Fsp3) is 0.364. The molecule has 0 saturated heterocycles. The second-order valence-corrected chi connectivity index (χ2v) is 7.40. The molecule has 0 radical (unpaired) electrons. The number of para-hydroxylation sites is 1. The van der Waals surface area contributed by atoms with Crippen molar-refractivity contribution in [3.05, 3.63) is 52.5 Å². The SMILES string of the molecule is CCCOc1c(Cl)cc(C(=O)NNC(=O)CN2CCCc3ccccc32)cc1OC. The van der Waals surface area contributed by atoms with Crippen molar-refractivity contribution in [3.63, 3.8) is 0 Å². The Morgan fingerprint density at radius 2 is 2.00 bits per heavy atom. The lowest BCUT2D eigenvalue weighted by molar-refractivity contribution is -0.120. The molecular formula is C22H26ClN3O4. The molecule has 7 nitrogen and oxygen atoms in total. The lowest BCUT2D eigenvalue weighted by Gasteiger charge is -2.30. The van der Waals surface area contributed by atoms with Gasteiger partial charge in [0.1, 0.15) is 0 Å². The summed E-state index contributed by atoms with van der Waals surface area (Å²) < 4.78 is 10.9. The predicted octanol–water partition coefficient (Wildman–Crippen LogP) is 3.35. The van der Waals surface area contributed by atoms with Gasteiger partial charge < -0.3 is 14.4 Å². The third-order valence-electron chi connectivity index (χ3n) is 4.80. The number of hydrazine groups is 1. The van der Waals surface area contributed by atoms with Crippen molar-refractivity contribution in [3.8, 4) is 11.5 Å². The quantitative estimate of drug-likeness (QED) is 0.657. The fourth-order valence-electron chi connectivity index (χ4n) is 3.38. The molecule has 0 fully saturated rings. The lowest BCUT2D eigenvalue weighted by Crippen LogP contribution is -2.47. The van der Waals surface area contributed by atoms with Crippen LogP contribution < -0.4 is 25.2 Å². The van der Waals surface area contributed by atoms with Crippen LogP contribution in [0, 0.1) is 0 Å². The first-order valence-electron chi connectivity index (χ1n) is 9.95. The van der Waals surface area contributed by atoms with E-state index in [1.54, 1.807) is 0 Å². The Kier molecular flexibility index (Phi) is 7.41. The zero-order valence-corrected chi connectivity index (χ0v) is 17.9. The average molecular weight is 432 g/mol. The third kappa shape index (κ3) is 5.16. The van der Waals surface area contributed by atoms with Crippen molar-refractivity contribution in [2.24, 2.45) is 0 Å². The van der Waals surface area contributed by atoms with Crippen molar-refractivity contribution in [2.75, 3.05) is 31.7 Å². The number of anilines is 1. The van der Waals surface area contributed by atoms with E-state index in [9.17, 15) is 9.59 Å². The molecule has 0 aliphatic carbocycles. The summed E-state index contributed by atoms with van der Waals surface area (Å²) in [6.07, 6.45) is 2.81. The van der Waals surface area contributed by atoms with E-state index < -0.39 is 5.91 Å². The lowest BCUT2D eigenvalue weighted by atomic mass is 10.0. The van der Waals surface area contributed by atoms with Gasteiger partial charge in [-0.25, -0.2) is 0 Å². The molecule has 160 valence electrons. The number of rotatable bonds is 7. The first-order valence-corrected chi connectivity index (χ1v) is 10.3. The molecule has 0 unspecified atom stereocenters. The Balaban J connectivity index is 1.60. The monoisotopic (exact) mass is 431 g/mol. The summed E-state index contributed by atoms with van der Waals surface area (Å²) in [7, 11) is 1.48. The van der Waals surface area contributed by atoms with Gasteiger partial charge in [0.05, 0.1) is 25.3 Å². The van der Waals surface area contributed by atoms with Crippen molar-refractivity contribution in [1.29, 1.82) is 0 Å². The number of benzene rings is 2. The summed E-state index contributed by atoms with van der Waals surface area (Å²) in [6.45, 7) is 3.42. The Labute approximate surface area is 181 Å². The zero-order chi connectivity index (χ0) is 21.5. The van der Waals surface area contributed by atoms with Gasteiger partial charge in [-0.15, -0.1) is 0 Å². The van der Waals surface area contributed by atoms with Gasteiger partial charge in [-0.05, 0) is 43.0 Å². The van der Waals surface area contributed by atoms with E-state index in [1.807, 2.05) is 30.0 Å². The topological polar surface area (TPSA) is 79.9 Å². The van der Waals surface area contributed by atoms with Crippen LogP contribution in [-0.4, -0.2) is 38.6 Å².